The zero-order valence-corrected chi connectivity index (χ0v) is 8.93. The standard InChI is InChI=1S/C10H12N4O2/c1-6-5-8(13-15-6)10-12-9(14-16-10)7-3-2-4-11-7/h5,7,11H,2-4H2,1H3. The first-order valence-corrected chi connectivity index (χ1v) is 5.33. The van der Waals surface area contributed by atoms with Crippen molar-refractivity contribution in [1.82, 2.24) is 20.6 Å². The van der Waals surface area contributed by atoms with Gasteiger partial charge in [-0.25, -0.2) is 0 Å². The van der Waals surface area contributed by atoms with Gasteiger partial charge in [-0.3, -0.25) is 0 Å². The fourth-order valence-electron chi connectivity index (χ4n) is 1.85. The molecule has 84 valence electrons. The number of nitrogens with zero attached hydrogens (tertiary/aromatic N) is 3. The summed E-state index contributed by atoms with van der Waals surface area (Å²) >= 11 is 0. The van der Waals surface area contributed by atoms with Gasteiger partial charge in [0.1, 0.15) is 5.76 Å². The highest BCUT2D eigenvalue weighted by Gasteiger charge is 2.22. The number of aryl methyl sites for hydroxylation is 1. The fourth-order valence-corrected chi connectivity index (χ4v) is 1.85. The lowest BCUT2D eigenvalue weighted by Gasteiger charge is -2.01. The smallest absolute Gasteiger partial charge is 0.280 e. The first-order valence-electron chi connectivity index (χ1n) is 5.33. The number of hydrogen-bond acceptors (Lipinski definition) is 6. The number of nitrogens with one attached hydrogen (secondary N) is 1. The molecule has 0 amide bonds. The van der Waals surface area contributed by atoms with Crippen LogP contribution in [-0.4, -0.2) is 21.8 Å². The van der Waals surface area contributed by atoms with Crippen LogP contribution in [0.5, 0.6) is 0 Å². The van der Waals surface area contributed by atoms with Crippen LogP contribution in [0.3, 0.4) is 0 Å². The third-order valence-electron chi connectivity index (χ3n) is 2.66. The van der Waals surface area contributed by atoms with E-state index in [2.05, 4.69) is 20.6 Å². The van der Waals surface area contributed by atoms with Crippen molar-refractivity contribution < 1.29 is 9.05 Å². The molecule has 6 heteroatoms. The quantitative estimate of drug-likeness (QED) is 0.825. The molecule has 2 aromatic rings. The van der Waals surface area contributed by atoms with Crippen LogP contribution in [0.25, 0.3) is 11.6 Å². The van der Waals surface area contributed by atoms with Crippen LogP contribution in [0.2, 0.25) is 0 Å². The first-order chi connectivity index (χ1) is 7.83. The minimum atomic E-state index is 0.213. The molecule has 3 rings (SSSR count). The van der Waals surface area contributed by atoms with E-state index in [1.54, 1.807) is 6.07 Å². The van der Waals surface area contributed by atoms with Crippen LogP contribution in [0.15, 0.2) is 15.1 Å². The maximum absolute atomic E-state index is 5.15. The van der Waals surface area contributed by atoms with E-state index in [1.165, 1.54) is 0 Å². The van der Waals surface area contributed by atoms with Crippen LogP contribution in [0, 0.1) is 6.92 Å². The van der Waals surface area contributed by atoms with Crippen LogP contribution in [0.1, 0.15) is 30.5 Å². The van der Waals surface area contributed by atoms with Gasteiger partial charge in [0, 0.05) is 6.07 Å². The summed E-state index contributed by atoms with van der Waals surface area (Å²) in [4.78, 5) is 4.31. The van der Waals surface area contributed by atoms with Crippen molar-refractivity contribution >= 4 is 0 Å². The van der Waals surface area contributed by atoms with E-state index in [-0.39, 0.29) is 6.04 Å². The predicted molar refractivity (Wildman–Crippen MR) is 54.5 cm³/mol. The van der Waals surface area contributed by atoms with Gasteiger partial charge < -0.3 is 14.4 Å². The van der Waals surface area contributed by atoms with Crippen LogP contribution in [-0.2, 0) is 0 Å². The topological polar surface area (TPSA) is 77.0 Å². The molecule has 2 aromatic heterocycles. The summed E-state index contributed by atoms with van der Waals surface area (Å²) in [5.41, 5.74) is 0.592. The largest absolute Gasteiger partial charge is 0.361 e. The van der Waals surface area contributed by atoms with Crippen LogP contribution in [0.4, 0.5) is 0 Å². The van der Waals surface area contributed by atoms with Gasteiger partial charge >= 0.3 is 0 Å². The molecule has 1 aliphatic heterocycles. The predicted octanol–water partition coefficient (Wildman–Crippen LogP) is 1.46. The Balaban J connectivity index is 1.87. The van der Waals surface area contributed by atoms with E-state index >= 15 is 0 Å². The van der Waals surface area contributed by atoms with Crippen molar-refractivity contribution in [1.29, 1.82) is 0 Å². The second-order valence-electron chi connectivity index (χ2n) is 3.93. The molecule has 3 heterocycles. The average Bonchev–Trinajstić information content (AvgIpc) is 2.97. The summed E-state index contributed by atoms with van der Waals surface area (Å²) in [5.74, 6) is 1.85. The van der Waals surface area contributed by atoms with E-state index < -0.39 is 0 Å². The minimum absolute atomic E-state index is 0.213. The molecular weight excluding hydrogens is 208 g/mol. The zero-order chi connectivity index (χ0) is 11.0. The highest BCUT2D eigenvalue weighted by Crippen LogP contribution is 2.23. The SMILES string of the molecule is Cc1cc(-c2nc(C3CCCN3)no2)no1. The lowest BCUT2D eigenvalue weighted by atomic mass is 10.2. The summed E-state index contributed by atoms with van der Waals surface area (Å²) in [6.45, 7) is 2.84. The second kappa shape index (κ2) is 3.71. The van der Waals surface area contributed by atoms with Gasteiger partial charge in [-0.1, -0.05) is 10.3 Å². The molecule has 1 saturated heterocycles. The number of hydrogen-bond donors (Lipinski definition) is 1. The maximum Gasteiger partial charge on any atom is 0.280 e. The van der Waals surface area contributed by atoms with E-state index in [0.717, 1.165) is 25.1 Å². The molecule has 0 saturated carbocycles. The normalized spacial score (nSPS) is 20.4. The van der Waals surface area contributed by atoms with Crippen LogP contribution >= 0.6 is 0 Å². The Morgan fingerprint density at radius 2 is 2.31 bits per heavy atom. The molecule has 16 heavy (non-hydrogen) atoms. The number of aromatic nitrogens is 3. The van der Waals surface area contributed by atoms with Gasteiger partial charge in [0.2, 0.25) is 0 Å². The molecule has 0 bridgehead atoms. The summed E-state index contributed by atoms with van der Waals surface area (Å²) in [5, 5.41) is 11.1. The molecule has 1 fully saturated rings. The van der Waals surface area contributed by atoms with E-state index in [1.807, 2.05) is 6.92 Å². The minimum Gasteiger partial charge on any atom is -0.361 e. The molecule has 1 aliphatic rings. The summed E-state index contributed by atoms with van der Waals surface area (Å²) in [6.07, 6.45) is 2.20. The van der Waals surface area contributed by atoms with Gasteiger partial charge in [0.15, 0.2) is 11.5 Å². The van der Waals surface area contributed by atoms with Gasteiger partial charge in [-0.15, -0.1) is 0 Å². The summed E-state index contributed by atoms with van der Waals surface area (Å²) in [6, 6.07) is 1.99. The van der Waals surface area contributed by atoms with Crippen molar-refractivity contribution in [2.45, 2.75) is 25.8 Å². The molecule has 0 radical (unpaired) electrons. The third kappa shape index (κ3) is 1.61. The average molecular weight is 220 g/mol. The molecular formula is C10H12N4O2. The highest BCUT2D eigenvalue weighted by molar-refractivity contribution is 5.45. The molecule has 1 unspecified atom stereocenters. The molecule has 0 spiro atoms. The highest BCUT2D eigenvalue weighted by atomic mass is 16.5. The van der Waals surface area contributed by atoms with Crippen molar-refractivity contribution in [3.8, 4) is 11.6 Å². The van der Waals surface area contributed by atoms with E-state index in [4.69, 9.17) is 9.05 Å². The molecule has 0 aromatic carbocycles. The lowest BCUT2D eigenvalue weighted by Crippen LogP contribution is -2.14. The molecule has 6 nitrogen and oxygen atoms in total. The first kappa shape index (κ1) is 9.53. The van der Waals surface area contributed by atoms with Gasteiger partial charge in [0.25, 0.3) is 5.89 Å². The zero-order valence-electron chi connectivity index (χ0n) is 8.93. The Morgan fingerprint density at radius 3 is 3.00 bits per heavy atom. The maximum atomic E-state index is 5.15. The molecule has 1 N–H and O–H groups in total. The van der Waals surface area contributed by atoms with Crippen molar-refractivity contribution in [3.63, 3.8) is 0 Å². The molecule has 1 atom stereocenters. The van der Waals surface area contributed by atoms with Crippen molar-refractivity contribution in [2.75, 3.05) is 6.54 Å². The van der Waals surface area contributed by atoms with Crippen molar-refractivity contribution in [2.24, 2.45) is 0 Å². The van der Waals surface area contributed by atoms with E-state index in [9.17, 15) is 0 Å². The van der Waals surface area contributed by atoms with Gasteiger partial charge in [0.05, 0.1) is 6.04 Å². The van der Waals surface area contributed by atoms with Gasteiger partial charge in [-0.2, -0.15) is 4.98 Å². The Labute approximate surface area is 92.0 Å². The Kier molecular flexibility index (Phi) is 2.21. The van der Waals surface area contributed by atoms with Crippen molar-refractivity contribution in [3.05, 3.63) is 17.7 Å². The van der Waals surface area contributed by atoms with Gasteiger partial charge in [-0.05, 0) is 26.3 Å². The lowest BCUT2D eigenvalue weighted by molar-refractivity contribution is 0.386. The van der Waals surface area contributed by atoms with E-state index in [0.29, 0.717) is 17.4 Å². The second-order valence-corrected chi connectivity index (χ2v) is 3.93. The number of rotatable bonds is 2. The summed E-state index contributed by atoms with van der Waals surface area (Å²) in [7, 11) is 0. The molecule has 0 aliphatic carbocycles. The van der Waals surface area contributed by atoms with Crippen LogP contribution < -0.4 is 5.32 Å². The monoisotopic (exact) mass is 220 g/mol. The third-order valence-corrected chi connectivity index (χ3v) is 2.66. The Hall–Kier alpha value is -1.69. The Bertz CT molecular complexity index is 484. The fraction of sp³-hybridized carbons (Fsp3) is 0.500. The Morgan fingerprint density at radius 1 is 1.38 bits per heavy atom. The summed E-state index contributed by atoms with van der Waals surface area (Å²) < 4.78 is 10.1.